The van der Waals surface area contributed by atoms with Crippen molar-refractivity contribution in [3.8, 4) is 0 Å². The highest BCUT2D eigenvalue weighted by Crippen LogP contribution is 2.29. The van der Waals surface area contributed by atoms with Crippen LogP contribution in [0.1, 0.15) is 40.7 Å². The zero-order chi connectivity index (χ0) is 20.4. The third-order valence-corrected chi connectivity index (χ3v) is 5.19. The van der Waals surface area contributed by atoms with Crippen LogP contribution in [0.4, 0.5) is 10.5 Å². The van der Waals surface area contributed by atoms with Crippen LogP contribution in [-0.2, 0) is 22.7 Å². The number of rotatable bonds is 4. The Balaban J connectivity index is 1.39. The van der Waals surface area contributed by atoms with Gasteiger partial charge in [-0.2, -0.15) is 0 Å². The van der Waals surface area contributed by atoms with Crippen LogP contribution in [0.15, 0.2) is 42.7 Å². The number of Topliss-reactive ketones (excluding diaryl/α,β-unsaturated/α-hetero) is 2. The second-order valence-corrected chi connectivity index (χ2v) is 7.21. The van der Waals surface area contributed by atoms with E-state index in [-0.39, 0.29) is 36.5 Å². The molecule has 1 aliphatic heterocycles. The standard InChI is InChI=1S/C21H20N4O4/c26-16-5-6-18(19(27)9-16)25-12-14-4-3-13(8-17(14)20(25)28)10-23-21(29)24-15-2-1-7-22-11-15/h1-4,7-8,11,18H,5-6,9-10,12H2,(H2,23,24,29). The van der Waals surface area contributed by atoms with Crippen LogP contribution >= 0.6 is 0 Å². The fourth-order valence-electron chi connectivity index (χ4n) is 3.72. The van der Waals surface area contributed by atoms with Gasteiger partial charge in [-0.1, -0.05) is 12.1 Å². The van der Waals surface area contributed by atoms with Crippen molar-refractivity contribution >= 4 is 29.2 Å². The molecular formula is C21H20N4O4. The molecule has 0 radical (unpaired) electrons. The van der Waals surface area contributed by atoms with Crippen molar-refractivity contribution in [3.05, 3.63) is 59.4 Å². The Bertz CT molecular complexity index is 989. The van der Waals surface area contributed by atoms with E-state index >= 15 is 0 Å². The lowest BCUT2D eigenvalue weighted by molar-refractivity contribution is -0.133. The van der Waals surface area contributed by atoms with E-state index in [0.29, 0.717) is 30.6 Å². The van der Waals surface area contributed by atoms with Gasteiger partial charge in [-0.3, -0.25) is 19.4 Å². The molecule has 8 heteroatoms. The number of aromatic nitrogens is 1. The topological polar surface area (TPSA) is 108 Å². The highest BCUT2D eigenvalue weighted by molar-refractivity contribution is 6.07. The van der Waals surface area contributed by atoms with Crippen LogP contribution in [0.3, 0.4) is 0 Å². The summed E-state index contributed by atoms with van der Waals surface area (Å²) < 4.78 is 0. The molecule has 1 aromatic carbocycles. The van der Waals surface area contributed by atoms with Crippen LogP contribution in [-0.4, -0.2) is 39.4 Å². The van der Waals surface area contributed by atoms with E-state index in [1.807, 2.05) is 12.1 Å². The molecule has 1 aromatic heterocycles. The number of carbonyl (C=O) groups excluding carboxylic acids is 4. The third kappa shape index (κ3) is 4.01. The number of amides is 3. The number of hydrogen-bond donors (Lipinski definition) is 2. The van der Waals surface area contributed by atoms with Crippen LogP contribution in [0.25, 0.3) is 0 Å². The number of fused-ring (bicyclic) bond motifs is 1. The van der Waals surface area contributed by atoms with E-state index in [1.54, 1.807) is 35.5 Å². The van der Waals surface area contributed by atoms with Gasteiger partial charge in [0.2, 0.25) is 0 Å². The van der Waals surface area contributed by atoms with Crippen molar-refractivity contribution in [3.63, 3.8) is 0 Å². The predicted molar refractivity (Wildman–Crippen MR) is 104 cm³/mol. The van der Waals surface area contributed by atoms with Gasteiger partial charge in [0.25, 0.3) is 5.91 Å². The van der Waals surface area contributed by atoms with Crippen molar-refractivity contribution in [1.29, 1.82) is 0 Å². The number of nitrogens with one attached hydrogen (secondary N) is 2. The zero-order valence-corrected chi connectivity index (χ0v) is 15.7. The van der Waals surface area contributed by atoms with Gasteiger partial charge in [0.05, 0.1) is 24.3 Å². The van der Waals surface area contributed by atoms with Crippen LogP contribution in [0.2, 0.25) is 0 Å². The molecule has 3 amide bonds. The number of urea groups is 1. The van der Waals surface area contributed by atoms with Gasteiger partial charge in [0.1, 0.15) is 5.78 Å². The first-order valence-corrected chi connectivity index (χ1v) is 9.43. The van der Waals surface area contributed by atoms with E-state index in [2.05, 4.69) is 15.6 Å². The molecule has 1 saturated carbocycles. The number of anilines is 1. The van der Waals surface area contributed by atoms with E-state index in [0.717, 1.165) is 11.1 Å². The Hall–Kier alpha value is -3.55. The monoisotopic (exact) mass is 392 g/mol. The Morgan fingerprint density at radius 3 is 2.83 bits per heavy atom. The molecule has 2 heterocycles. The molecule has 148 valence electrons. The lowest BCUT2D eigenvalue weighted by atomic mass is 9.92. The maximum absolute atomic E-state index is 12.8. The smallest absolute Gasteiger partial charge is 0.319 e. The van der Waals surface area contributed by atoms with E-state index < -0.39 is 6.04 Å². The Kier molecular flexibility index (Phi) is 5.07. The summed E-state index contributed by atoms with van der Waals surface area (Å²) in [5.41, 5.74) is 2.76. The fourth-order valence-corrected chi connectivity index (χ4v) is 3.72. The molecule has 2 N–H and O–H groups in total. The molecule has 1 aliphatic carbocycles. The van der Waals surface area contributed by atoms with E-state index in [9.17, 15) is 19.2 Å². The number of nitrogens with zero attached hydrogens (tertiary/aromatic N) is 2. The number of ketones is 2. The lowest BCUT2D eigenvalue weighted by Crippen LogP contribution is -2.44. The summed E-state index contributed by atoms with van der Waals surface area (Å²) in [5.74, 6) is -0.445. The molecule has 8 nitrogen and oxygen atoms in total. The van der Waals surface area contributed by atoms with Crippen LogP contribution in [0, 0.1) is 0 Å². The molecule has 29 heavy (non-hydrogen) atoms. The largest absolute Gasteiger partial charge is 0.334 e. The quantitative estimate of drug-likeness (QED) is 0.774. The van der Waals surface area contributed by atoms with Gasteiger partial charge < -0.3 is 15.5 Å². The fraction of sp³-hybridized carbons (Fsp3) is 0.286. The number of hydrogen-bond acceptors (Lipinski definition) is 5. The first-order chi connectivity index (χ1) is 14.0. The Morgan fingerprint density at radius 2 is 2.07 bits per heavy atom. The summed E-state index contributed by atoms with van der Waals surface area (Å²) >= 11 is 0. The van der Waals surface area contributed by atoms with Gasteiger partial charge in [0, 0.05) is 31.3 Å². The summed E-state index contributed by atoms with van der Waals surface area (Å²) in [5, 5.41) is 5.42. The number of pyridine rings is 1. The molecular weight excluding hydrogens is 372 g/mol. The summed E-state index contributed by atoms with van der Waals surface area (Å²) in [6, 6.07) is 8.01. The van der Waals surface area contributed by atoms with Crippen LogP contribution in [0.5, 0.6) is 0 Å². The molecule has 0 saturated heterocycles. The zero-order valence-electron chi connectivity index (χ0n) is 15.7. The Labute approximate surface area is 167 Å². The molecule has 1 unspecified atom stereocenters. The summed E-state index contributed by atoms with van der Waals surface area (Å²) in [6.07, 6.45) is 3.79. The first kappa shape index (κ1) is 18.8. The molecule has 1 atom stereocenters. The molecule has 4 rings (SSSR count). The average Bonchev–Trinajstić information content (AvgIpc) is 3.03. The van der Waals surface area contributed by atoms with Crippen LogP contribution < -0.4 is 10.6 Å². The minimum absolute atomic E-state index is 0.0617. The van der Waals surface area contributed by atoms with Crippen molar-refractivity contribution in [1.82, 2.24) is 15.2 Å². The van der Waals surface area contributed by atoms with E-state index in [1.165, 1.54) is 0 Å². The van der Waals surface area contributed by atoms with Crippen molar-refractivity contribution < 1.29 is 19.2 Å². The maximum Gasteiger partial charge on any atom is 0.319 e. The van der Waals surface area contributed by atoms with Crippen molar-refractivity contribution in [2.45, 2.75) is 38.4 Å². The molecule has 1 fully saturated rings. The average molecular weight is 392 g/mol. The normalized spacial score (nSPS) is 18.6. The minimum Gasteiger partial charge on any atom is -0.334 e. The second-order valence-electron chi connectivity index (χ2n) is 7.21. The lowest BCUT2D eigenvalue weighted by Gasteiger charge is -2.29. The van der Waals surface area contributed by atoms with Gasteiger partial charge in [-0.15, -0.1) is 0 Å². The second kappa shape index (κ2) is 7.83. The maximum atomic E-state index is 12.8. The molecule has 2 aliphatic rings. The highest BCUT2D eigenvalue weighted by Gasteiger charge is 2.38. The highest BCUT2D eigenvalue weighted by atomic mass is 16.2. The van der Waals surface area contributed by atoms with Crippen molar-refractivity contribution in [2.75, 3.05) is 5.32 Å². The minimum atomic E-state index is -0.528. The number of carbonyl (C=O) groups is 4. The SMILES string of the molecule is O=C1CCC(N2Cc3ccc(CNC(=O)Nc4cccnc4)cc3C2=O)C(=O)C1. The molecule has 0 spiro atoms. The molecule has 0 bridgehead atoms. The first-order valence-electron chi connectivity index (χ1n) is 9.43. The van der Waals surface area contributed by atoms with Gasteiger partial charge in [-0.25, -0.2) is 4.79 Å². The summed E-state index contributed by atoms with van der Waals surface area (Å²) in [4.78, 5) is 54.0. The van der Waals surface area contributed by atoms with Gasteiger partial charge in [-0.05, 0) is 35.7 Å². The molecule has 2 aromatic rings. The van der Waals surface area contributed by atoms with Crippen molar-refractivity contribution in [2.24, 2.45) is 0 Å². The summed E-state index contributed by atoms with van der Waals surface area (Å²) in [6.45, 7) is 0.623. The predicted octanol–water partition coefficient (Wildman–Crippen LogP) is 2.05. The summed E-state index contributed by atoms with van der Waals surface area (Å²) in [7, 11) is 0. The number of benzene rings is 1. The third-order valence-electron chi connectivity index (χ3n) is 5.19. The van der Waals surface area contributed by atoms with Gasteiger partial charge in [0.15, 0.2) is 5.78 Å². The van der Waals surface area contributed by atoms with E-state index in [4.69, 9.17) is 0 Å². The Morgan fingerprint density at radius 1 is 1.21 bits per heavy atom. The van der Waals surface area contributed by atoms with Gasteiger partial charge >= 0.3 is 6.03 Å².